The summed E-state index contributed by atoms with van der Waals surface area (Å²) in [6, 6.07) is 39.2. The summed E-state index contributed by atoms with van der Waals surface area (Å²) in [7, 11) is -4.38. The van der Waals surface area contributed by atoms with Gasteiger partial charge in [0.25, 0.3) is 0 Å². The second-order valence-corrected chi connectivity index (χ2v) is 15.4. The average molecular weight is 511 g/mol. The molecule has 0 aliphatic rings. The Kier molecular flexibility index (Phi) is 7.89. The molecular formula is C32H34O2SSi. The highest BCUT2D eigenvalue weighted by atomic mass is 32.2. The van der Waals surface area contributed by atoms with Crippen LogP contribution in [0.4, 0.5) is 0 Å². The van der Waals surface area contributed by atoms with Crippen molar-refractivity contribution in [2.75, 3.05) is 0 Å². The third-order valence-corrected chi connectivity index (χ3v) is 12.7. The molecule has 184 valence electrons. The SMILES string of the molecule is Cc1ccc(S(=O)/C(=C/[Si](c2ccccc2)(c2ccccc2)c2ccccc2)[C@@H](O)C(C)(C)C)cc1. The van der Waals surface area contributed by atoms with Crippen LogP contribution in [-0.4, -0.2) is 23.5 Å². The topological polar surface area (TPSA) is 37.3 Å². The first-order valence-corrected chi connectivity index (χ1v) is 15.5. The number of aliphatic hydroxyl groups excluding tert-OH is 1. The van der Waals surface area contributed by atoms with Crippen molar-refractivity contribution < 1.29 is 9.32 Å². The quantitative estimate of drug-likeness (QED) is 0.277. The largest absolute Gasteiger partial charge is 0.387 e. The van der Waals surface area contributed by atoms with E-state index < -0.39 is 30.4 Å². The molecule has 4 rings (SSSR count). The summed E-state index contributed by atoms with van der Waals surface area (Å²) in [5.74, 6) is 0. The molecule has 0 amide bonds. The minimum absolute atomic E-state index is 0.490. The zero-order valence-corrected chi connectivity index (χ0v) is 23.2. The van der Waals surface area contributed by atoms with Gasteiger partial charge in [-0.3, -0.25) is 0 Å². The van der Waals surface area contributed by atoms with E-state index >= 15 is 0 Å². The van der Waals surface area contributed by atoms with Gasteiger partial charge in [-0.25, -0.2) is 4.21 Å². The van der Waals surface area contributed by atoms with Crippen molar-refractivity contribution in [3.05, 3.63) is 131 Å². The molecule has 2 atom stereocenters. The first-order chi connectivity index (χ1) is 17.2. The lowest BCUT2D eigenvalue weighted by atomic mass is 9.89. The van der Waals surface area contributed by atoms with E-state index in [4.69, 9.17) is 0 Å². The van der Waals surface area contributed by atoms with Crippen LogP contribution >= 0.6 is 0 Å². The van der Waals surface area contributed by atoms with Gasteiger partial charge in [0.05, 0.1) is 16.9 Å². The van der Waals surface area contributed by atoms with Gasteiger partial charge in [-0.15, -0.1) is 0 Å². The number of aryl methyl sites for hydroxylation is 1. The summed E-state index contributed by atoms with van der Waals surface area (Å²) < 4.78 is 14.2. The van der Waals surface area contributed by atoms with E-state index in [1.165, 1.54) is 15.6 Å². The van der Waals surface area contributed by atoms with E-state index in [9.17, 15) is 9.32 Å². The predicted molar refractivity (Wildman–Crippen MR) is 155 cm³/mol. The first kappa shape index (κ1) is 26.0. The molecule has 0 spiro atoms. The van der Waals surface area contributed by atoms with Crippen molar-refractivity contribution in [3.8, 4) is 0 Å². The summed E-state index contributed by atoms with van der Waals surface area (Å²) in [4.78, 5) is 1.27. The Bertz CT molecular complexity index is 1230. The average Bonchev–Trinajstić information content (AvgIpc) is 2.90. The van der Waals surface area contributed by atoms with Crippen molar-refractivity contribution in [3.63, 3.8) is 0 Å². The van der Waals surface area contributed by atoms with E-state index in [-0.39, 0.29) is 0 Å². The summed E-state index contributed by atoms with van der Waals surface area (Å²) in [6.07, 6.45) is -0.886. The molecule has 0 heterocycles. The van der Waals surface area contributed by atoms with Gasteiger partial charge in [0.2, 0.25) is 0 Å². The second kappa shape index (κ2) is 10.9. The van der Waals surface area contributed by atoms with Crippen LogP contribution in [0.15, 0.2) is 131 Å². The molecule has 0 aliphatic heterocycles. The van der Waals surface area contributed by atoms with Gasteiger partial charge >= 0.3 is 0 Å². The highest BCUT2D eigenvalue weighted by molar-refractivity contribution is 7.89. The molecule has 1 unspecified atom stereocenters. The van der Waals surface area contributed by atoms with Crippen LogP contribution < -0.4 is 15.6 Å². The van der Waals surface area contributed by atoms with Crippen molar-refractivity contribution in [1.82, 2.24) is 0 Å². The first-order valence-electron chi connectivity index (χ1n) is 12.3. The minimum atomic E-state index is -2.85. The molecule has 2 nitrogen and oxygen atoms in total. The number of hydrogen-bond donors (Lipinski definition) is 1. The molecule has 4 aromatic rings. The highest BCUT2D eigenvalue weighted by Crippen LogP contribution is 2.31. The van der Waals surface area contributed by atoms with Gasteiger partial charge in [-0.2, -0.15) is 0 Å². The fourth-order valence-corrected chi connectivity index (χ4v) is 10.9. The van der Waals surface area contributed by atoms with Crippen molar-refractivity contribution >= 4 is 34.4 Å². The number of benzene rings is 4. The van der Waals surface area contributed by atoms with Gasteiger partial charge < -0.3 is 5.11 Å². The van der Waals surface area contributed by atoms with Crippen molar-refractivity contribution in [1.29, 1.82) is 0 Å². The predicted octanol–water partition coefficient (Wildman–Crippen LogP) is 5.10. The van der Waals surface area contributed by atoms with Gasteiger partial charge in [0.1, 0.15) is 0 Å². The van der Waals surface area contributed by atoms with Gasteiger partial charge in [-0.05, 0) is 40.0 Å². The number of aliphatic hydroxyl groups is 1. The van der Waals surface area contributed by atoms with Gasteiger partial charge in [0, 0.05) is 9.80 Å². The lowest BCUT2D eigenvalue weighted by Crippen LogP contribution is -2.66. The fourth-order valence-electron chi connectivity index (χ4n) is 4.53. The molecular weight excluding hydrogens is 477 g/mol. The van der Waals surface area contributed by atoms with E-state index in [0.717, 1.165) is 5.56 Å². The van der Waals surface area contributed by atoms with Crippen molar-refractivity contribution in [2.24, 2.45) is 5.41 Å². The number of rotatable bonds is 7. The molecule has 0 aliphatic carbocycles. The van der Waals surface area contributed by atoms with Gasteiger partial charge in [-0.1, -0.05) is 135 Å². The fraction of sp³-hybridized carbons (Fsp3) is 0.188. The Morgan fingerprint density at radius 3 is 1.47 bits per heavy atom. The summed E-state index contributed by atoms with van der Waals surface area (Å²) >= 11 is 0. The maximum absolute atomic E-state index is 14.2. The molecule has 0 fully saturated rings. The molecule has 1 N–H and O–H groups in total. The third-order valence-electron chi connectivity index (χ3n) is 6.59. The van der Waals surface area contributed by atoms with Crippen LogP contribution in [0.3, 0.4) is 0 Å². The summed E-state index contributed by atoms with van der Waals surface area (Å²) in [6.45, 7) is 8.00. The van der Waals surface area contributed by atoms with Crippen LogP contribution in [-0.2, 0) is 10.8 Å². The zero-order chi connectivity index (χ0) is 25.8. The Morgan fingerprint density at radius 1 is 0.722 bits per heavy atom. The molecule has 0 aromatic heterocycles. The molecule has 0 saturated heterocycles. The zero-order valence-electron chi connectivity index (χ0n) is 21.4. The van der Waals surface area contributed by atoms with Crippen molar-refractivity contribution in [2.45, 2.75) is 38.7 Å². The molecule has 4 heteroatoms. The monoisotopic (exact) mass is 510 g/mol. The second-order valence-electron chi connectivity index (χ2n) is 10.3. The van der Waals surface area contributed by atoms with Crippen LogP contribution in [0.5, 0.6) is 0 Å². The molecule has 36 heavy (non-hydrogen) atoms. The van der Waals surface area contributed by atoms with Crippen LogP contribution in [0.1, 0.15) is 26.3 Å². The summed E-state index contributed by atoms with van der Waals surface area (Å²) in [5, 5.41) is 15.2. The van der Waals surface area contributed by atoms with Crippen LogP contribution in [0, 0.1) is 12.3 Å². The van der Waals surface area contributed by atoms with Gasteiger partial charge in [0.15, 0.2) is 8.07 Å². The van der Waals surface area contributed by atoms with E-state index in [2.05, 4.69) is 78.5 Å². The standard InChI is InChI=1S/C32H34O2SSi/c1-25-20-22-26(23-21-25)35(34)30(31(33)32(2,3)4)24-36(27-14-8-5-9-15-27,28-16-10-6-11-17-28)29-18-12-7-13-19-29/h5-24,31,33H,1-4H3/b30-24+/t31-,35?/m1/s1. The highest BCUT2D eigenvalue weighted by Gasteiger charge is 2.41. The molecule has 4 aromatic carbocycles. The lowest BCUT2D eigenvalue weighted by molar-refractivity contribution is 0.102. The summed E-state index contributed by atoms with van der Waals surface area (Å²) in [5.41, 5.74) is 2.81. The Balaban J connectivity index is 2.09. The number of hydrogen-bond acceptors (Lipinski definition) is 2. The minimum Gasteiger partial charge on any atom is -0.387 e. The Hall–Kier alpha value is -3.05. The third kappa shape index (κ3) is 5.36. The Labute approximate surface area is 218 Å². The van der Waals surface area contributed by atoms with E-state index in [0.29, 0.717) is 9.80 Å². The maximum Gasteiger partial charge on any atom is 0.173 e. The maximum atomic E-state index is 14.2. The molecule has 0 saturated carbocycles. The van der Waals surface area contributed by atoms with E-state index in [1.807, 2.05) is 70.2 Å². The molecule has 0 bridgehead atoms. The Morgan fingerprint density at radius 2 is 1.11 bits per heavy atom. The van der Waals surface area contributed by atoms with Crippen LogP contribution in [0.2, 0.25) is 0 Å². The van der Waals surface area contributed by atoms with Crippen LogP contribution in [0.25, 0.3) is 0 Å². The van der Waals surface area contributed by atoms with E-state index in [1.54, 1.807) is 0 Å². The smallest absolute Gasteiger partial charge is 0.173 e. The normalized spacial score (nSPS) is 14.3. The lowest BCUT2D eigenvalue weighted by Gasteiger charge is -2.34. The molecule has 0 radical (unpaired) electrons.